The maximum atomic E-state index is 5.99. The number of nitrogens with one attached hydrogen (secondary N) is 2. The number of methoxy groups -OCH3 is 1. The molecule has 0 radical (unpaired) electrons. The van der Waals surface area contributed by atoms with Crippen LogP contribution in [0.5, 0.6) is 11.5 Å². The lowest BCUT2D eigenvalue weighted by molar-refractivity contribution is 0.134. The highest BCUT2D eigenvalue weighted by atomic mass is 127. The molecule has 2 N–H and O–H groups in total. The molecule has 0 fully saturated rings. The summed E-state index contributed by atoms with van der Waals surface area (Å²) < 4.78 is 16.8. The highest BCUT2D eigenvalue weighted by Crippen LogP contribution is 2.26. The minimum Gasteiger partial charge on any atom is -0.493 e. The Morgan fingerprint density at radius 2 is 1.63 bits per heavy atom. The molecule has 0 heterocycles. The number of halogens is 1. The first-order valence-electron chi connectivity index (χ1n) is 10.1. The predicted molar refractivity (Wildman–Crippen MR) is 133 cm³/mol. The van der Waals surface area contributed by atoms with Crippen molar-refractivity contribution >= 4 is 29.9 Å². The highest BCUT2D eigenvalue weighted by Gasteiger charge is 2.09. The van der Waals surface area contributed by atoms with Crippen LogP contribution in [-0.2, 0) is 17.9 Å². The molecule has 7 heteroatoms. The van der Waals surface area contributed by atoms with E-state index in [4.69, 9.17) is 14.2 Å². The third-order valence-corrected chi connectivity index (χ3v) is 4.21. The summed E-state index contributed by atoms with van der Waals surface area (Å²) in [6.07, 6.45) is -0.0481. The van der Waals surface area contributed by atoms with Gasteiger partial charge in [0.1, 0.15) is 6.10 Å². The van der Waals surface area contributed by atoms with E-state index in [0.717, 1.165) is 36.2 Å². The molecule has 6 nitrogen and oxygen atoms in total. The van der Waals surface area contributed by atoms with E-state index in [1.807, 2.05) is 38.1 Å². The Balaban J connectivity index is 0.00000450. The van der Waals surface area contributed by atoms with Crippen LogP contribution in [0.15, 0.2) is 53.5 Å². The van der Waals surface area contributed by atoms with Crippen molar-refractivity contribution < 1.29 is 14.2 Å². The summed E-state index contributed by atoms with van der Waals surface area (Å²) in [4.78, 5) is 4.67. The van der Waals surface area contributed by atoms with Gasteiger partial charge in [0.25, 0.3) is 0 Å². The van der Waals surface area contributed by atoms with E-state index < -0.39 is 0 Å². The smallest absolute Gasteiger partial charge is 0.191 e. The zero-order chi connectivity index (χ0) is 20.9. The fourth-order valence-corrected chi connectivity index (χ4v) is 2.69. The average Bonchev–Trinajstić information content (AvgIpc) is 2.75. The van der Waals surface area contributed by atoms with Gasteiger partial charge in [0.2, 0.25) is 0 Å². The number of nitrogens with zero attached hydrogens (tertiary/aromatic N) is 1. The SMILES string of the molecule is CCNC(=NCc1ccc(COCC)cc1)NCC(C)Oc1ccccc1OC.I. The number of ether oxygens (including phenoxy) is 3. The molecule has 2 aromatic rings. The fourth-order valence-electron chi connectivity index (χ4n) is 2.69. The second-order valence-corrected chi connectivity index (χ2v) is 6.61. The topological polar surface area (TPSA) is 64.1 Å². The van der Waals surface area contributed by atoms with Crippen LogP contribution < -0.4 is 20.1 Å². The van der Waals surface area contributed by atoms with Gasteiger partial charge in [-0.2, -0.15) is 0 Å². The van der Waals surface area contributed by atoms with Gasteiger partial charge in [0.05, 0.1) is 26.8 Å². The minimum absolute atomic E-state index is 0. The number of para-hydroxylation sites is 2. The van der Waals surface area contributed by atoms with Gasteiger partial charge in [-0.15, -0.1) is 24.0 Å². The summed E-state index contributed by atoms with van der Waals surface area (Å²) in [5.74, 6) is 2.23. The maximum Gasteiger partial charge on any atom is 0.191 e. The molecule has 0 saturated heterocycles. The Hall–Kier alpha value is -2.00. The van der Waals surface area contributed by atoms with E-state index in [2.05, 4.69) is 46.8 Å². The minimum atomic E-state index is -0.0481. The molecule has 1 unspecified atom stereocenters. The summed E-state index contributed by atoms with van der Waals surface area (Å²) in [6.45, 7) is 9.45. The van der Waals surface area contributed by atoms with E-state index >= 15 is 0 Å². The van der Waals surface area contributed by atoms with Gasteiger partial charge < -0.3 is 24.8 Å². The van der Waals surface area contributed by atoms with Crippen LogP contribution >= 0.6 is 24.0 Å². The molecular weight excluding hydrogens is 493 g/mol. The van der Waals surface area contributed by atoms with Crippen molar-refractivity contribution in [2.24, 2.45) is 4.99 Å². The Kier molecular flexibility index (Phi) is 12.9. The van der Waals surface area contributed by atoms with Gasteiger partial charge >= 0.3 is 0 Å². The van der Waals surface area contributed by atoms with Gasteiger partial charge in [-0.3, -0.25) is 0 Å². The predicted octanol–water partition coefficient (Wildman–Crippen LogP) is 4.37. The van der Waals surface area contributed by atoms with Crippen molar-refractivity contribution in [3.05, 3.63) is 59.7 Å². The van der Waals surface area contributed by atoms with Crippen LogP contribution in [-0.4, -0.2) is 38.9 Å². The van der Waals surface area contributed by atoms with Crippen molar-refractivity contribution in [3.8, 4) is 11.5 Å². The maximum absolute atomic E-state index is 5.99. The number of benzene rings is 2. The van der Waals surface area contributed by atoms with E-state index in [-0.39, 0.29) is 30.1 Å². The first kappa shape index (κ1) is 26.0. The second kappa shape index (κ2) is 14.9. The van der Waals surface area contributed by atoms with E-state index in [1.54, 1.807) is 7.11 Å². The molecule has 0 aliphatic rings. The number of hydrogen-bond acceptors (Lipinski definition) is 4. The van der Waals surface area contributed by atoms with E-state index in [1.165, 1.54) is 5.56 Å². The van der Waals surface area contributed by atoms with Gasteiger partial charge in [-0.25, -0.2) is 4.99 Å². The van der Waals surface area contributed by atoms with Crippen LogP contribution in [0.3, 0.4) is 0 Å². The van der Waals surface area contributed by atoms with Crippen molar-refractivity contribution in [3.63, 3.8) is 0 Å². The molecule has 1 atom stereocenters. The Morgan fingerprint density at radius 1 is 0.967 bits per heavy atom. The average molecular weight is 527 g/mol. The molecule has 0 aromatic heterocycles. The van der Waals surface area contributed by atoms with Crippen molar-refractivity contribution in [2.75, 3.05) is 26.8 Å². The van der Waals surface area contributed by atoms with Crippen molar-refractivity contribution in [1.29, 1.82) is 0 Å². The van der Waals surface area contributed by atoms with Gasteiger partial charge in [-0.1, -0.05) is 36.4 Å². The second-order valence-electron chi connectivity index (χ2n) is 6.61. The van der Waals surface area contributed by atoms with E-state index in [9.17, 15) is 0 Å². The summed E-state index contributed by atoms with van der Waals surface area (Å²) in [7, 11) is 1.64. The normalized spacial score (nSPS) is 11.9. The molecule has 166 valence electrons. The highest BCUT2D eigenvalue weighted by molar-refractivity contribution is 14.0. The Bertz CT molecular complexity index is 754. The zero-order valence-electron chi connectivity index (χ0n) is 18.3. The van der Waals surface area contributed by atoms with Crippen LogP contribution in [0.4, 0.5) is 0 Å². The molecule has 0 saturated carbocycles. The Morgan fingerprint density at radius 3 is 2.27 bits per heavy atom. The third-order valence-electron chi connectivity index (χ3n) is 4.21. The molecule has 0 bridgehead atoms. The first-order chi connectivity index (χ1) is 14.2. The van der Waals surface area contributed by atoms with Crippen LogP contribution in [0, 0.1) is 0 Å². The molecule has 0 aliphatic heterocycles. The summed E-state index contributed by atoms with van der Waals surface area (Å²) >= 11 is 0. The lowest BCUT2D eigenvalue weighted by atomic mass is 10.1. The number of hydrogen-bond donors (Lipinski definition) is 2. The fraction of sp³-hybridized carbons (Fsp3) is 0.435. The monoisotopic (exact) mass is 527 g/mol. The largest absolute Gasteiger partial charge is 0.493 e. The van der Waals surface area contributed by atoms with E-state index in [0.29, 0.717) is 19.7 Å². The summed E-state index contributed by atoms with van der Waals surface area (Å²) in [5.41, 5.74) is 2.33. The zero-order valence-corrected chi connectivity index (χ0v) is 20.6. The van der Waals surface area contributed by atoms with Gasteiger partial charge in [0.15, 0.2) is 17.5 Å². The van der Waals surface area contributed by atoms with Crippen LogP contribution in [0.2, 0.25) is 0 Å². The number of rotatable bonds is 11. The molecule has 0 spiro atoms. The third kappa shape index (κ3) is 9.21. The molecule has 0 aliphatic carbocycles. The quantitative estimate of drug-likeness (QED) is 0.258. The lowest BCUT2D eigenvalue weighted by Crippen LogP contribution is -2.41. The lowest BCUT2D eigenvalue weighted by Gasteiger charge is -2.19. The molecule has 2 rings (SSSR count). The molecule has 2 aromatic carbocycles. The standard InChI is InChI=1S/C23H33N3O3.HI/c1-5-24-23(26-16-19-11-13-20(14-12-19)17-28-6-2)25-15-18(3)29-22-10-8-7-9-21(22)27-4;/h7-14,18H,5-6,15-17H2,1-4H3,(H2,24,25,26);1H. The first-order valence-corrected chi connectivity index (χ1v) is 10.1. The number of aliphatic imine (C=N–C) groups is 1. The Labute approximate surface area is 197 Å². The van der Waals surface area contributed by atoms with Gasteiger partial charge in [-0.05, 0) is 44.0 Å². The molecule has 30 heavy (non-hydrogen) atoms. The van der Waals surface area contributed by atoms with Crippen LogP contribution in [0.1, 0.15) is 31.9 Å². The number of guanidine groups is 1. The van der Waals surface area contributed by atoms with Crippen molar-refractivity contribution in [2.45, 2.75) is 40.0 Å². The summed E-state index contributed by atoms with van der Waals surface area (Å²) in [5, 5.41) is 6.61. The van der Waals surface area contributed by atoms with Gasteiger partial charge in [0, 0.05) is 13.2 Å². The molecule has 0 amide bonds. The van der Waals surface area contributed by atoms with Crippen LogP contribution in [0.25, 0.3) is 0 Å². The summed E-state index contributed by atoms with van der Waals surface area (Å²) in [6, 6.07) is 16.0. The van der Waals surface area contributed by atoms with Crippen molar-refractivity contribution in [1.82, 2.24) is 10.6 Å². The molecular formula is C23H34IN3O3.